The van der Waals surface area contributed by atoms with Crippen LogP contribution in [0.25, 0.3) is 50.6 Å². The Kier molecular flexibility index (Phi) is 14.7. The van der Waals surface area contributed by atoms with E-state index in [0.717, 1.165) is 83.2 Å². The Labute approximate surface area is 315 Å². The van der Waals surface area contributed by atoms with Gasteiger partial charge in [-0.05, 0) is 87.0 Å². The molecule has 1 fully saturated rings. The number of Topliss-reactive ketones (excluding diaryl/α,β-unsaturated/α-hetero) is 1. The van der Waals surface area contributed by atoms with E-state index in [-0.39, 0.29) is 18.1 Å². The summed E-state index contributed by atoms with van der Waals surface area (Å²) >= 11 is -0.472. The number of rotatable bonds is 15. The van der Waals surface area contributed by atoms with Crippen LogP contribution >= 0.6 is 18.8 Å². The fourth-order valence-electron chi connectivity index (χ4n) is 5.89. The summed E-state index contributed by atoms with van der Waals surface area (Å²) < 4.78 is 5.89. The van der Waals surface area contributed by atoms with Gasteiger partial charge < -0.3 is 47.3 Å². The van der Waals surface area contributed by atoms with Crippen LogP contribution < -0.4 is 15.0 Å². The molecule has 1 amide bonds. The van der Waals surface area contributed by atoms with Gasteiger partial charge in [-0.2, -0.15) is 6.42 Å². The maximum atomic E-state index is 12.0. The van der Waals surface area contributed by atoms with Crippen molar-refractivity contribution in [1.29, 1.82) is 0 Å². The normalized spacial score (nSPS) is 14.0. The predicted molar refractivity (Wildman–Crippen MR) is 203 cm³/mol. The summed E-state index contributed by atoms with van der Waals surface area (Å²) in [6.07, 6.45) is 3.02. The van der Waals surface area contributed by atoms with Crippen LogP contribution in [0.2, 0.25) is 0 Å². The molecule has 1 atom stereocenters. The number of ether oxygens (including phenoxy) is 1. The molecule has 11 nitrogen and oxygen atoms in total. The van der Waals surface area contributed by atoms with Crippen LogP contribution in [0.15, 0.2) is 60.7 Å². The van der Waals surface area contributed by atoms with Crippen LogP contribution in [0.1, 0.15) is 38.5 Å². The summed E-state index contributed by atoms with van der Waals surface area (Å²) in [6.45, 7) is 8.75. The summed E-state index contributed by atoms with van der Waals surface area (Å²) in [4.78, 5) is 45.2. The zero-order chi connectivity index (χ0) is 36.2. The van der Waals surface area contributed by atoms with Gasteiger partial charge >= 0.3 is 35.3 Å². The van der Waals surface area contributed by atoms with Crippen molar-refractivity contribution in [2.24, 2.45) is 0 Å². The van der Waals surface area contributed by atoms with Crippen LogP contribution in [0, 0.1) is 6.92 Å². The Morgan fingerprint density at radius 2 is 1.53 bits per heavy atom. The molecule has 5 aromatic rings. The molecule has 0 bridgehead atoms. The van der Waals surface area contributed by atoms with E-state index in [4.69, 9.17) is 39.3 Å². The summed E-state index contributed by atoms with van der Waals surface area (Å²) in [5, 5.41) is 2.84. The van der Waals surface area contributed by atoms with Gasteiger partial charge in [-0.1, -0.05) is 0 Å². The van der Waals surface area contributed by atoms with Crippen molar-refractivity contribution < 1.29 is 30.8 Å². The maximum absolute atomic E-state index is 12.0. The average molecular weight is 915 g/mol. The number of carbonyl (C=O) groups is 2. The number of hydrogen-bond donors (Lipinski definition) is 3. The summed E-state index contributed by atoms with van der Waals surface area (Å²) in [7, 11) is 11.9. The standard InChI is InChI=1S/C37H44N8O3.2ClH.Pt/c1-3-29(38)34(46)7-6-17-39-35(47)8-4-5-22-48-28-13-9-25(10-14-28)36-40-30-15-11-26(23-32(30)42-36)37-41-31-16-12-27(24-33(31)43-37)45-20-18-44(2)19-21-45;;;/h9-16,23-24,29,38H,1,3-8,17-22H2,2H3,(H,39,47)(H,40,42)(H,41,43);2*1H;/q-2;;;+4/p-2. The number of benzene rings is 3. The Hall–Kier alpha value is -3.47. The average Bonchev–Trinajstić information content (AvgIpc) is 3.78. The van der Waals surface area contributed by atoms with E-state index in [0.29, 0.717) is 38.8 Å². The van der Waals surface area contributed by atoms with Crippen molar-refractivity contribution in [1.82, 2.24) is 30.2 Å². The zero-order valence-corrected chi connectivity index (χ0v) is 32.4. The number of amides is 1. The van der Waals surface area contributed by atoms with E-state index < -0.39 is 22.5 Å². The summed E-state index contributed by atoms with van der Waals surface area (Å²) in [5.41, 5.74) is 14.6. The van der Waals surface area contributed by atoms with E-state index in [1.54, 1.807) is 0 Å². The van der Waals surface area contributed by atoms with E-state index >= 15 is 0 Å². The van der Waals surface area contributed by atoms with Crippen LogP contribution in [0.4, 0.5) is 5.69 Å². The molecule has 1 unspecified atom stereocenters. The number of likely N-dealkylation sites (N-methyl/N-ethyl adjacent to an activating group) is 1. The number of hydrogen-bond acceptors (Lipinski definition) is 7. The Balaban J connectivity index is 0.00000162. The second-order valence-corrected chi connectivity index (χ2v) is 15.8. The molecule has 1 aliphatic heterocycles. The Morgan fingerprint density at radius 1 is 0.902 bits per heavy atom. The number of ketones is 1. The Bertz CT molecular complexity index is 1880. The number of H-pyrrole nitrogens is 2. The first kappa shape index (κ1) is 38.8. The Morgan fingerprint density at radius 3 is 2.22 bits per heavy atom. The van der Waals surface area contributed by atoms with Gasteiger partial charge in [0.05, 0.1) is 28.7 Å². The molecule has 14 heteroatoms. The molecule has 51 heavy (non-hydrogen) atoms. The van der Waals surface area contributed by atoms with Gasteiger partial charge in [0.1, 0.15) is 23.2 Å². The van der Waals surface area contributed by atoms with Gasteiger partial charge in [0.2, 0.25) is 5.91 Å². The summed E-state index contributed by atoms with van der Waals surface area (Å²) in [6, 6.07) is 19.7. The number of halogens is 2. The van der Waals surface area contributed by atoms with Gasteiger partial charge in [0, 0.05) is 62.4 Å². The SMILES string of the molecule is [CH2-]CC([NH-])C(=O)CCCNC(=O)CCCCOc1ccc(-c2nc3ccc(-c4nc5ccc(N6CCN(C)CC6)cc5[nH]4)cc3[nH]2)cc1.[Cl][Pt+2][Cl]. The number of fused-ring (bicyclic) bond motifs is 2. The number of aromatic nitrogens is 4. The molecule has 0 saturated carbocycles. The van der Waals surface area contributed by atoms with Gasteiger partial charge in [0.15, 0.2) is 0 Å². The number of nitrogens with one attached hydrogen (secondary N) is 4. The first-order valence-electron chi connectivity index (χ1n) is 17.1. The second-order valence-electron chi connectivity index (χ2n) is 12.5. The molecule has 6 rings (SSSR count). The molecule has 1 saturated heterocycles. The van der Waals surface area contributed by atoms with Crippen molar-refractivity contribution in [2.45, 2.75) is 44.6 Å². The number of nitrogens with zero attached hydrogens (tertiary/aromatic N) is 4. The predicted octanol–water partition coefficient (Wildman–Crippen LogP) is 7.56. The number of anilines is 1. The fraction of sp³-hybridized carbons (Fsp3) is 0.378. The molecule has 3 aromatic carbocycles. The molecular weight excluding hydrogens is 870 g/mol. The van der Waals surface area contributed by atoms with Gasteiger partial charge in [-0.25, -0.2) is 9.97 Å². The second kappa shape index (κ2) is 19.4. The zero-order valence-electron chi connectivity index (χ0n) is 28.6. The van der Waals surface area contributed by atoms with E-state index in [2.05, 4.69) is 69.4 Å². The van der Waals surface area contributed by atoms with E-state index in [1.807, 2.05) is 30.3 Å². The third-order valence-corrected chi connectivity index (χ3v) is 8.88. The van der Waals surface area contributed by atoms with Crippen molar-refractivity contribution in [2.75, 3.05) is 51.3 Å². The number of aromatic amines is 2. The molecule has 0 radical (unpaired) electrons. The molecule has 4 N–H and O–H groups in total. The van der Waals surface area contributed by atoms with Crippen LogP contribution in [-0.4, -0.2) is 88.9 Å². The molecule has 0 spiro atoms. The van der Waals surface area contributed by atoms with Crippen LogP contribution in [-0.2, 0) is 26.1 Å². The number of unbranched alkanes of at least 4 members (excludes halogenated alkanes) is 1. The van der Waals surface area contributed by atoms with Crippen molar-refractivity contribution in [3.05, 3.63) is 73.3 Å². The summed E-state index contributed by atoms with van der Waals surface area (Å²) in [5.74, 6) is 2.23. The first-order chi connectivity index (χ1) is 24.8. The number of piperazine rings is 1. The minimum absolute atomic E-state index is 0.0303. The topological polar surface area (TPSA) is 143 Å². The third-order valence-electron chi connectivity index (χ3n) is 8.88. The third kappa shape index (κ3) is 11.0. The first-order valence-corrected chi connectivity index (χ1v) is 22.7. The van der Waals surface area contributed by atoms with Crippen molar-refractivity contribution >= 4 is 58.3 Å². The van der Waals surface area contributed by atoms with Crippen molar-refractivity contribution in [3.63, 3.8) is 0 Å². The molecular formula is C37H44Cl2N8O3Pt. The van der Waals surface area contributed by atoms with Crippen molar-refractivity contribution in [3.8, 4) is 28.5 Å². The molecule has 274 valence electrons. The fourth-order valence-corrected chi connectivity index (χ4v) is 5.89. The number of carbonyl (C=O) groups excluding carboxylic acids is 2. The van der Waals surface area contributed by atoms with Gasteiger partial charge in [-0.15, -0.1) is 6.04 Å². The van der Waals surface area contributed by atoms with E-state index in [9.17, 15) is 9.59 Å². The number of imidazole rings is 2. The van der Waals surface area contributed by atoms with E-state index in [1.165, 1.54) is 5.69 Å². The molecule has 2 aromatic heterocycles. The molecule has 0 aliphatic carbocycles. The minimum atomic E-state index is -0.757. The molecule has 3 heterocycles. The quantitative estimate of drug-likeness (QED) is 0.0727. The molecule has 1 aliphatic rings. The van der Waals surface area contributed by atoms with Gasteiger partial charge in [0.25, 0.3) is 0 Å². The van der Waals surface area contributed by atoms with Crippen LogP contribution in [0.5, 0.6) is 5.75 Å². The van der Waals surface area contributed by atoms with Crippen LogP contribution in [0.3, 0.4) is 0 Å². The van der Waals surface area contributed by atoms with Gasteiger partial charge in [-0.3, -0.25) is 4.79 Å². The monoisotopic (exact) mass is 913 g/mol.